The summed E-state index contributed by atoms with van der Waals surface area (Å²) in [5, 5.41) is 20.7. The molecule has 0 saturated carbocycles. The van der Waals surface area contributed by atoms with Crippen LogP contribution in [0.4, 0.5) is 0 Å². The molecule has 4 rings (SSSR count). The van der Waals surface area contributed by atoms with E-state index in [2.05, 4.69) is 21.0 Å². The number of nitrogens with one attached hydrogen (secondary N) is 1. The number of nitriles is 1. The van der Waals surface area contributed by atoms with Gasteiger partial charge in [-0.1, -0.05) is 42.1 Å². The molecule has 28 heavy (non-hydrogen) atoms. The Balaban J connectivity index is 1.65. The summed E-state index contributed by atoms with van der Waals surface area (Å²) >= 11 is 1.38. The van der Waals surface area contributed by atoms with Crippen molar-refractivity contribution in [3.05, 3.63) is 78.6 Å². The van der Waals surface area contributed by atoms with E-state index >= 15 is 0 Å². The van der Waals surface area contributed by atoms with Crippen LogP contribution in [0.1, 0.15) is 12.7 Å². The van der Waals surface area contributed by atoms with Crippen LogP contribution in [-0.4, -0.2) is 29.9 Å². The number of hydrogen-bond acceptors (Lipinski definition) is 5. The van der Waals surface area contributed by atoms with E-state index in [4.69, 9.17) is 0 Å². The molecule has 138 valence electrons. The molecule has 2 N–H and O–H groups in total. The number of thioether (sulfide) groups is 1. The number of aromatic amines is 1. The Labute approximate surface area is 166 Å². The highest BCUT2D eigenvalue weighted by Gasteiger charge is 2.21. The van der Waals surface area contributed by atoms with Gasteiger partial charge in [0.25, 0.3) is 0 Å². The smallest absolute Gasteiger partial charge is 0.173 e. The number of aliphatic hydroxyl groups is 1. The molecule has 2 heterocycles. The van der Waals surface area contributed by atoms with Crippen LogP contribution in [0.3, 0.4) is 0 Å². The van der Waals surface area contributed by atoms with E-state index < -0.39 is 0 Å². The Morgan fingerprint density at radius 1 is 1.18 bits per heavy atom. The van der Waals surface area contributed by atoms with Gasteiger partial charge in [-0.3, -0.25) is 4.57 Å². The van der Waals surface area contributed by atoms with Crippen LogP contribution in [0.5, 0.6) is 0 Å². The normalized spacial score (nSPS) is 13.1. The lowest BCUT2D eigenvalue weighted by Gasteiger charge is -2.13. The number of para-hydroxylation sites is 3. The summed E-state index contributed by atoms with van der Waals surface area (Å²) in [6.07, 6.45) is 3.59. The minimum Gasteiger partial charge on any atom is -0.510 e. The second-order valence-electron chi connectivity index (χ2n) is 6.15. The molecule has 0 saturated heterocycles. The Morgan fingerprint density at radius 2 is 1.93 bits per heavy atom. The molecular formula is C21H17N5OS. The summed E-state index contributed by atoms with van der Waals surface area (Å²) < 4.78 is 1.95. The van der Waals surface area contributed by atoms with Crippen molar-refractivity contribution >= 4 is 28.4 Å². The van der Waals surface area contributed by atoms with Gasteiger partial charge in [-0.2, -0.15) is 5.26 Å². The molecule has 7 heteroatoms. The molecule has 0 radical (unpaired) electrons. The fourth-order valence-corrected chi connectivity index (χ4v) is 3.83. The average Bonchev–Trinajstić information content (AvgIpc) is 3.35. The molecule has 4 aromatic rings. The van der Waals surface area contributed by atoms with E-state index in [1.54, 1.807) is 6.20 Å². The lowest BCUT2D eigenvalue weighted by molar-refractivity contribution is 0.401. The fraction of sp³-hybridized carbons (Fsp3) is 0.0952. The number of aromatic nitrogens is 4. The zero-order valence-electron chi connectivity index (χ0n) is 15.1. The van der Waals surface area contributed by atoms with Crippen LogP contribution in [-0.2, 0) is 0 Å². The van der Waals surface area contributed by atoms with Crippen molar-refractivity contribution in [2.24, 2.45) is 0 Å². The number of hydrogen-bond donors (Lipinski definition) is 2. The summed E-state index contributed by atoms with van der Waals surface area (Å²) in [6, 6.07) is 19.4. The molecule has 0 aliphatic heterocycles. The van der Waals surface area contributed by atoms with E-state index in [0.29, 0.717) is 5.82 Å². The van der Waals surface area contributed by atoms with Crippen LogP contribution in [0.15, 0.2) is 77.9 Å². The maximum absolute atomic E-state index is 10.8. The van der Waals surface area contributed by atoms with Crippen LogP contribution in [0.2, 0.25) is 0 Å². The molecule has 0 fully saturated rings. The molecular weight excluding hydrogens is 370 g/mol. The largest absolute Gasteiger partial charge is 0.510 e. The van der Waals surface area contributed by atoms with Gasteiger partial charge in [0.15, 0.2) is 11.0 Å². The Bertz CT molecular complexity index is 1150. The van der Waals surface area contributed by atoms with Crippen molar-refractivity contribution in [2.75, 3.05) is 0 Å². The highest BCUT2D eigenvalue weighted by atomic mass is 32.2. The number of H-pyrrole nitrogens is 1. The number of fused-ring (bicyclic) bond motifs is 1. The number of imidazole rings is 2. The van der Waals surface area contributed by atoms with Crippen molar-refractivity contribution in [1.29, 1.82) is 5.26 Å². The third-order valence-corrected chi connectivity index (χ3v) is 5.39. The standard InChI is InChI=1S/C21H17N5OS/c1-14(28-21-23-11-12-26(21)15-7-3-2-4-8-15)19(27)16(13-22)20-24-17-9-5-6-10-18(17)25-20/h2-12,14,27H,1H3,(H,24,25). The van der Waals surface area contributed by atoms with Crippen LogP contribution in [0, 0.1) is 11.3 Å². The first-order chi connectivity index (χ1) is 13.7. The molecule has 2 aromatic heterocycles. The molecule has 0 aliphatic carbocycles. The molecule has 6 nitrogen and oxygen atoms in total. The second kappa shape index (κ2) is 7.62. The summed E-state index contributed by atoms with van der Waals surface area (Å²) in [4.78, 5) is 11.9. The summed E-state index contributed by atoms with van der Waals surface area (Å²) in [5.74, 6) is 0.328. The number of allylic oxidation sites excluding steroid dienone is 1. The zero-order chi connectivity index (χ0) is 19.5. The molecule has 0 spiro atoms. The molecule has 0 amide bonds. The summed E-state index contributed by atoms with van der Waals surface area (Å²) in [7, 11) is 0. The van der Waals surface area contributed by atoms with Gasteiger partial charge in [0, 0.05) is 18.1 Å². The van der Waals surface area contributed by atoms with E-state index in [0.717, 1.165) is 21.9 Å². The molecule has 1 atom stereocenters. The number of aliphatic hydroxyl groups excluding tert-OH is 1. The van der Waals surface area contributed by atoms with E-state index in [9.17, 15) is 10.4 Å². The Kier molecular flexibility index (Phi) is 4.87. The second-order valence-corrected chi connectivity index (χ2v) is 7.46. The van der Waals surface area contributed by atoms with Gasteiger partial charge in [0.05, 0.1) is 16.3 Å². The van der Waals surface area contributed by atoms with Crippen molar-refractivity contribution in [3.8, 4) is 11.8 Å². The van der Waals surface area contributed by atoms with Crippen molar-refractivity contribution in [2.45, 2.75) is 17.3 Å². The van der Waals surface area contributed by atoms with Gasteiger partial charge in [-0.05, 0) is 31.2 Å². The van der Waals surface area contributed by atoms with Gasteiger partial charge >= 0.3 is 0 Å². The maximum atomic E-state index is 10.8. The van der Waals surface area contributed by atoms with E-state index in [-0.39, 0.29) is 16.6 Å². The van der Waals surface area contributed by atoms with Crippen molar-refractivity contribution in [3.63, 3.8) is 0 Å². The van der Waals surface area contributed by atoms with Gasteiger partial charge in [0.1, 0.15) is 17.4 Å². The molecule has 1 unspecified atom stereocenters. The topological polar surface area (TPSA) is 90.5 Å². The third kappa shape index (κ3) is 3.38. The van der Waals surface area contributed by atoms with Crippen LogP contribution in [0.25, 0.3) is 22.3 Å². The third-order valence-electron chi connectivity index (χ3n) is 4.30. The van der Waals surface area contributed by atoms with Crippen molar-refractivity contribution < 1.29 is 5.11 Å². The number of benzene rings is 2. The highest BCUT2D eigenvalue weighted by molar-refractivity contribution is 7.99. The maximum Gasteiger partial charge on any atom is 0.173 e. The molecule has 0 aliphatic rings. The quantitative estimate of drug-likeness (QED) is 0.294. The Morgan fingerprint density at radius 3 is 2.68 bits per heavy atom. The van der Waals surface area contributed by atoms with Gasteiger partial charge in [-0.15, -0.1) is 0 Å². The lowest BCUT2D eigenvalue weighted by atomic mass is 10.2. The van der Waals surface area contributed by atoms with E-state index in [1.807, 2.05) is 72.3 Å². The van der Waals surface area contributed by atoms with Gasteiger partial charge in [0.2, 0.25) is 0 Å². The van der Waals surface area contributed by atoms with Crippen LogP contribution >= 0.6 is 11.8 Å². The highest BCUT2D eigenvalue weighted by Crippen LogP contribution is 2.31. The predicted octanol–water partition coefficient (Wildman–Crippen LogP) is 4.72. The first kappa shape index (κ1) is 17.9. The van der Waals surface area contributed by atoms with Gasteiger partial charge in [-0.25, -0.2) is 9.97 Å². The Hall–Kier alpha value is -3.50. The predicted molar refractivity (Wildman–Crippen MR) is 110 cm³/mol. The average molecular weight is 387 g/mol. The SMILES string of the molecule is CC(Sc1nccn1-c1ccccc1)C(O)=C(C#N)c1nc2ccccc2[nH]1. The first-order valence-corrected chi connectivity index (χ1v) is 9.59. The number of nitrogens with zero attached hydrogens (tertiary/aromatic N) is 4. The van der Waals surface area contributed by atoms with E-state index in [1.165, 1.54) is 11.8 Å². The summed E-state index contributed by atoms with van der Waals surface area (Å²) in [5.41, 5.74) is 2.68. The zero-order valence-corrected chi connectivity index (χ0v) is 15.9. The molecule has 0 bridgehead atoms. The lowest BCUT2D eigenvalue weighted by Crippen LogP contribution is -2.07. The minimum absolute atomic E-state index is 0.0332. The number of rotatable bonds is 5. The van der Waals surface area contributed by atoms with Gasteiger partial charge < -0.3 is 10.1 Å². The van der Waals surface area contributed by atoms with Crippen LogP contribution < -0.4 is 0 Å². The van der Waals surface area contributed by atoms with Crippen molar-refractivity contribution in [1.82, 2.24) is 19.5 Å². The first-order valence-electron chi connectivity index (χ1n) is 8.71. The fourth-order valence-electron chi connectivity index (χ4n) is 2.88. The molecule has 2 aromatic carbocycles. The monoisotopic (exact) mass is 387 g/mol. The minimum atomic E-state index is -0.382. The summed E-state index contributed by atoms with van der Waals surface area (Å²) in [6.45, 7) is 1.84.